The Morgan fingerprint density at radius 1 is 1.32 bits per heavy atom. The molecule has 132 valence electrons. The largest absolute Gasteiger partial charge is 0.497 e. The number of aromatic nitrogens is 1. The SMILES string of the molecule is COc1cccc(CC(=O)N2CCC[C@H]2c2ccnc(N(C)C)c2)c1. The van der Waals surface area contributed by atoms with E-state index < -0.39 is 0 Å². The minimum Gasteiger partial charge on any atom is -0.497 e. The maximum absolute atomic E-state index is 12.9. The lowest BCUT2D eigenvalue weighted by molar-refractivity contribution is -0.131. The van der Waals surface area contributed by atoms with E-state index in [1.807, 2.05) is 60.4 Å². The van der Waals surface area contributed by atoms with Crippen LogP contribution in [0.15, 0.2) is 42.6 Å². The second kappa shape index (κ2) is 7.55. The van der Waals surface area contributed by atoms with E-state index in [1.54, 1.807) is 7.11 Å². The first-order valence-corrected chi connectivity index (χ1v) is 8.64. The van der Waals surface area contributed by atoms with Gasteiger partial charge >= 0.3 is 0 Å². The van der Waals surface area contributed by atoms with Crippen molar-refractivity contribution in [3.8, 4) is 5.75 Å². The average molecular weight is 339 g/mol. The molecule has 1 aliphatic heterocycles. The lowest BCUT2D eigenvalue weighted by Crippen LogP contribution is -2.32. The highest BCUT2D eigenvalue weighted by Crippen LogP contribution is 2.33. The Morgan fingerprint density at radius 2 is 2.16 bits per heavy atom. The molecule has 0 aliphatic carbocycles. The summed E-state index contributed by atoms with van der Waals surface area (Å²) in [6.45, 7) is 0.813. The van der Waals surface area contributed by atoms with Crippen LogP contribution < -0.4 is 9.64 Å². The van der Waals surface area contributed by atoms with Crippen LogP contribution in [-0.4, -0.2) is 43.5 Å². The van der Waals surface area contributed by atoms with Gasteiger partial charge in [0, 0.05) is 26.8 Å². The summed E-state index contributed by atoms with van der Waals surface area (Å²) in [5, 5.41) is 0. The number of rotatable bonds is 5. The monoisotopic (exact) mass is 339 g/mol. The Kier molecular flexibility index (Phi) is 5.22. The molecule has 0 radical (unpaired) electrons. The van der Waals surface area contributed by atoms with Gasteiger partial charge in [-0.15, -0.1) is 0 Å². The number of anilines is 1. The Hall–Kier alpha value is -2.56. The molecule has 0 saturated carbocycles. The zero-order valence-corrected chi connectivity index (χ0v) is 15.1. The Morgan fingerprint density at radius 3 is 2.92 bits per heavy atom. The smallest absolute Gasteiger partial charge is 0.227 e. The Balaban J connectivity index is 1.76. The fourth-order valence-electron chi connectivity index (χ4n) is 3.36. The molecule has 2 aromatic rings. The highest BCUT2D eigenvalue weighted by molar-refractivity contribution is 5.79. The zero-order valence-electron chi connectivity index (χ0n) is 15.1. The van der Waals surface area contributed by atoms with Gasteiger partial charge in [0.05, 0.1) is 19.6 Å². The number of carbonyl (C=O) groups excluding carboxylic acids is 1. The van der Waals surface area contributed by atoms with Crippen molar-refractivity contribution in [3.05, 3.63) is 53.7 Å². The number of pyridine rings is 1. The molecular weight excluding hydrogens is 314 g/mol. The van der Waals surface area contributed by atoms with Crippen LogP contribution in [0.3, 0.4) is 0 Å². The first kappa shape index (κ1) is 17.3. The standard InChI is InChI=1S/C20H25N3O2/c1-22(2)19-14-16(9-10-21-19)18-8-5-11-23(18)20(24)13-15-6-4-7-17(12-15)25-3/h4,6-7,9-10,12,14,18H,5,8,11,13H2,1-3H3/t18-/m0/s1. The van der Waals surface area contributed by atoms with Crippen LogP contribution in [0.25, 0.3) is 0 Å². The molecule has 1 fully saturated rings. The van der Waals surface area contributed by atoms with Crippen molar-refractivity contribution >= 4 is 11.7 Å². The highest BCUT2D eigenvalue weighted by atomic mass is 16.5. The van der Waals surface area contributed by atoms with E-state index >= 15 is 0 Å². The third kappa shape index (κ3) is 3.92. The van der Waals surface area contributed by atoms with Gasteiger partial charge in [-0.05, 0) is 48.2 Å². The van der Waals surface area contributed by atoms with E-state index in [9.17, 15) is 4.79 Å². The van der Waals surface area contributed by atoms with Crippen molar-refractivity contribution in [2.45, 2.75) is 25.3 Å². The lowest BCUT2D eigenvalue weighted by atomic mass is 10.0. The summed E-state index contributed by atoms with van der Waals surface area (Å²) in [4.78, 5) is 21.2. The fourth-order valence-corrected chi connectivity index (χ4v) is 3.36. The number of amides is 1. The number of methoxy groups -OCH3 is 1. The molecule has 5 heteroatoms. The summed E-state index contributed by atoms with van der Waals surface area (Å²) in [6, 6.07) is 12.0. The number of carbonyl (C=O) groups is 1. The molecule has 1 saturated heterocycles. The van der Waals surface area contributed by atoms with Crippen molar-refractivity contribution in [1.29, 1.82) is 0 Å². The third-order valence-electron chi connectivity index (χ3n) is 4.68. The van der Waals surface area contributed by atoms with Gasteiger partial charge in [0.15, 0.2) is 0 Å². The molecule has 3 rings (SSSR count). The van der Waals surface area contributed by atoms with Gasteiger partial charge < -0.3 is 14.5 Å². The van der Waals surface area contributed by atoms with E-state index in [0.29, 0.717) is 6.42 Å². The number of likely N-dealkylation sites (tertiary alicyclic amines) is 1. The zero-order chi connectivity index (χ0) is 17.8. The van der Waals surface area contributed by atoms with E-state index in [-0.39, 0.29) is 11.9 Å². The lowest BCUT2D eigenvalue weighted by Gasteiger charge is -2.26. The molecule has 1 atom stereocenters. The Labute approximate surface area is 149 Å². The van der Waals surface area contributed by atoms with Gasteiger partial charge in [0.1, 0.15) is 11.6 Å². The summed E-state index contributed by atoms with van der Waals surface area (Å²) in [7, 11) is 5.60. The summed E-state index contributed by atoms with van der Waals surface area (Å²) in [5.74, 6) is 1.87. The van der Waals surface area contributed by atoms with Gasteiger partial charge in [-0.1, -0.05) is 12.1 Å². The number of benzene rings is 1. The molecule has 1 aromatic heterocycles. The number of ether oxygens (including phenoxy) is 1. The molecule has 2 heterocycles. The van der Waals surface area contributed by atoms with Crippen LogP contribution in [-0.2, 0) is 11.2 Å². The Bertz CT molecular complexity index is 745. The summed E-state index contributed by atoms with van der Waals surface area (Å²) in [5.41, 5.74) is 2.15. The van der Waals surface area contributed by atoms with Crippen LogP contribution >= 0.6 is 0 Å². The maximum Gasteiger partial charge on any atom is 0.227 e. The summed E-state index contributed by atoms with van der Waals surface area (Å²) >= 11 is 0. The van der Waals surface area contributed by atoms with Crippen molar-refractivity contribution in [2.75, 3.05) is 32.6 Å². The van der Waals surface area contributed by atoms with Gasteiger partial charge in [-0.25, -0.2) is 4.98 Å². The molecule has 0 spiro atoms. The van der Waals surface area contributed by atoms with Crippen molar-refractivity contribution < 1.29 is 9.53 Å². The molecule has 25 heavy (non-hydrogen) atoms. The van der Waals surface area contributed by atoms with Crippen LogP contribution in [0.4, 0.5) is 5.82 Å². The van der Waals surface area contributed by atoms with E-state index in [1.165, 1.54) is 0 Å². The molecule has 1 aliphatic rings. The number of hydrogen-bond donors (Lipinski definition) is 0. The van der Waals surface area contributed by atoms with E-state index in [2.05, 4.69) is 11.1 Å². The quantitative estimate of drug-likeness (QED) is 0.840. The minimum absolute atomic E-state index is 0.139. The van der Waals surface area contributed by atoms with Gasteiger partial charge in [-0.3, -0.25) is 4.79 Å². The van der Waals surface area contributed by atoms with Gasteiger partial charge in [0.25, 0.3) is 0 Å². The van der Waals surface area contributed by atoms with Crippen molar-refractivity contribution in [2.24, 2.45) is 0 Å². The molecule has 1 amide bonds. The van der Waals surface area contributed by atoms with Crippen LogP contribution in [0.1, 0.15) is 30.0 Å². The van der Waals surface area contributed by atoms with E-state index in [0.717, 1.165) is 42.1 Å². The maximum atomic E-state index is 12.9. The number of hydrogen-bond acceptors (Lipinski definition) is 4. The highest BCUT2D eigenvalue weighted by Gasteiger charge is 2.30. The minimum atomic E-state index is 0.139. The average Bonchev–Trinajstić information content (AvgIpc) is 3.12. The van der Waals surface area contributed by atoms with Crippen LogP contribution in [0.5, 0.6) is 5.75 Å². The third-order valence-corrected chi connectivity index (χ3v) is 4.68. The molecular formula is C20H25N3O2. The van der Waals surface area contributed by atoms with Crippen molar-refractivity contribution in [1.82, 2.24) is 9.88 Å². The second-order valence-electron chi connectivity index (χ2n) is 6.62. The van der Waals surface area contributed by atoms with Crippen molar-refractivity contribution in [3.63, 3.8) is 0 Å². The number of nitrogens with zero attached hydrogens (tertiary/aromatic N) is 3. The fraction of sp³-hybridized carbons (Fsp3) is 0.400. The normalized spacial score (nSPS) is 16.8. The van der Waals surface area contributed by atoms with Gasteiger partial charge in [0.2, 0.25) is 5.91 Å². The topological polar surface area (TPSA) is 45.7 Å². The molecule has 5 nitrogen and oxygen atoms in total. The summed E-state index contributed by atoms with van der Waals surface area (Å²) in [6.07, 6.45) is 4.27. The van der Waals surface area contributed by atoms with E-state index in [4.69, 9.17) is 4.74 Å². The van der Waals surface area contributed by atoms with Crippen LogP contribution in [0, 0.1) is 0 Å². The summed E-state index contributed by atoms with van der Waals surface area (Å²) < 4.78 is 5.25. The molecule has 0 bridgehead atoms. The molecule has 1 aromatic carbocycles. The molecule has 0 N–H and O–H groups in total. The second-order valence-corrected chi connectivity index (χ2v) is 6.62. The van der Waals surface area contributed by atoms with Crippen LogP contribution in [0.2, 0.25) is 0 Å². The van der Waals surface area contributed by atoms with Gasteiger partial charge in [-0.2, -0.15) is 0 Å². The first-order valence-electron chi connectivity index (χ1n) is 8.64. The first-order chi connectivity index (χ1) is 12.1. The predicted molar refractivity (Wildman–Crippen MR) is 99.0 cm³/mol. The predicted octanol–water partition coefficient (Wildman–Crippen LogP) is 3.06. The molecule has 0 unspecified atom stereocenters.